The van der Waals surface area contributed by atoms with Gasteiger partial charge in [0.15, 0.2) is 5.82 Å². The van der Waals surface area contributed by atoms with Gasteiger partial charge in [-0.15, -0.1) is 0 Å². The normalized spacial score (nSPS) is 12.2. The highest BCUT2D eigenvalue weighted by Gasteiger charge is 2.11. The van der Waals surface area contributed by atoms with Crippen LogP contribution in [-0.2, 0) is 6.42 Å². The highest BCUT2D eigenvalue weighted by molar-refractivity contribution is 5.64. The molecule has 0 fully saturated rings. The molecule has 0 radical (unpaired) electrons. The van der Waals surface area contributed by atoms with Crippen molar-refractivity contribution in [2.75, 3.05) is 6.61 Å². The number of hydrogen-bond acceptors (Lipinski definition) is 4. The summed E-state index contributed by atoms with van der Waals surface area (Å²) in [5, 5.41) is 0. The van der Waals surface area contributed by atoms with Gasteiger partial charge in [-0.25, -0.2) is 9.97 Å². The fourth-order valence-electron chi connectivity index (χ4n) is 2.20. The molecule has 0 saturated carbocycles. The summed E-state index contributed by atoms with van der Waals surface area (Å²) in [4.78, 5) is 9.21. The highest BCUT2D eigenvalue weighted by Crippen LogP contribution is 2.27. The van der Waals surface area contributed by atoms with Crippen molar-refractivity contribution in [3.05, 3.63) is 41.7 Å². The molecule has 1 aromatic heterocycles. The van der Waals surface area contributed by atoms with Gasteiger partial charge >= 0.3 is 0 Å². The van der Waals surface area contributed by atoms with Crippen LogP contribution in [0.5, 0.6) is 5.75 Å². The molecule has 0 aliphatic carbocycles. The Labute approximate surface area is 126 Å². The van der Waals surface area contributed by atoms with Gasteiger partial charge in [0.1, 0.15) is 5.75 Å². The summed E-state index contributed by atoms with van der Waals surface area (Å²) in [5.41, 5.74) is 8.89. The number of rotatable bonds is 6. The molecule has 1 unspecified atom stereocenters. The van der Waals surface area contributed by atoms with E-state index in [0.717, 1.165) is 35.5 Å². The SMILES string of the molecule is CCOc1ccccc1-c1nc(C)cc(CC(N)CC)n1. The van der Waals surface area contributed by atoms with Gasteiger partial charge in [0, 0.05) is 23.9 Å². The topological polar surface area (TPSA) is 61.0 Å². The minimum Gasteiger partial charge on any atom is -0.493 e. The Kier molecular flexibility index (Phi) is 5.28. The quantitative estimate of drug-likeness (QED) is 0.885. The maximum absolute atomic E-state index is 6.04. The number of nitrogens with two attached hydrogens (primary N) is 1. The summed E-state index contributed by atoms with van der Waals surface area (Å²) >= 11 is 0. The van der Waals surface area contributed by atoms with Crippen molar-refractivity contribution in [1.29, 1.82) is 0 Å². The van der Waals surface area contributed by atoms with Crippen LogP contribution < -0.4 is 10.5 Å². The Morgan fingerprint density at radius 3 is 2.67 bits per heavy atom. The third kappa shape index (κ3) is 4.02. The Hall–Kier alpha value is -1.94. The molecule has 112 valence electrons. The lowest BCUT2D eigenvalue weighted by atomic mass is 10.1. The molecule has 21 heavy (non-hydrogen) atoms. The highest BCUT2D eigenvalue weighted by atomic mass is 16.5. The van der Waals surface area contributed by atoms with Gasteiger partial charge in [-0.05, 0) is 38.5 Å². The van der Waals surface area contributed by atoms with Crippen LogP contribution in [0.25, 0.3) is 11.4 Å². The zero-order valence-electron chi connectivity index (χ0n) is 13.0. The Morgan fingerprint density at radius 1 is 1.19 bits per heavy atom. The van der Waals surface area contributed by atoms with Crippen molar-refractivity contribution >= 4 is 0 Å². The molecule has 0 spiro atoms. The van der Waals surface area contributed by atoms with Crippen LogP contribution in [0.3, 0.4) is 0 Å². The molecule has 1 atom stereocenters. The van der Waals surface area contributed by atoms with Crippen molar-refractivity contribution in [3.8, 4) is 17.1 Å². The molecule has 0 bridgehead atoms. The molecule has 0 aliphatic rings. The van der Waals surface area contributed by atoms with Crippen LogP contribution in [0.2, 0.25) is 0 Å². The van der Waals surface area contributed by atoms with Crippen molar-refractivity contribution in [2.24, 2.45) is 5.73 Å². The van der Waals surface area contributed by atoms with Crippen LogP contribution >= 0.6 is 0 Å². The summed E-state index contributed by atoms with van der Waals surface area (Å²) in [6.07, 6.45) is 1.71. The summed E-state index contributed by atoms with van der Waals surface area (Å²) in [6, 6.07) is 10.0. The average molecular weight is 285 g/mol. The van der Waals surface area contributed by atoms with Crippen molar-refractivity contribution in [3.63, 3.8) is 0 Å². The van der Waals surface area contributed by atoms with E-state index in [9.17, 15) is 0 Å². The van der Waals surface area contributed by atoms with Gasteiger partial charge in [-0.1, -0.05) is 19.1 Å². The molecule has 0 amide bonds. The van der Waals surface area contributed by atoms with Crippen LogP contribution in [0, 0.1) is 6.92 Å². The predicted octanol–water partition coefficient (Wildman–Crippen LogP) is 3.13. The smallest absolute Gasteiger partial charge is 0.163 e. The molecular weight excluding hydrogens is 262 g/mol. The van der Waals surface area contributed by atoms with E-state index in [1.54, 1.807) is 0 Å². The lowest BCUT2D eigenvalue weighted by Crippen LogP contribution is -2.22. The van der Waals surface area contributed by atoms with E-state index >= 15 is 0 Å². The summed E-state index contributed by atoms with van der Waals surface area (Å²) < 4.78 is 5.67. The molecule has 2 rings (SSSR count). The monoisotopic (exact) mass is 285 g/mol. The van der Waals surface area contributed by atoms with Crippen LogP contribution in [0.15, 0.2) is 30.3 Å². The minimum atomic E-state index is 0.134. The summed E-state index contributed by atoms with van der Waals surface area (Å²) in [6.45, 7) is 6.66. The van der Waals surface area contributed by atoms with Gasteiger partial charge in [0.2, 0.25) is 0 Å². The molecule has 1 heterocycles. The van der Waals surface area contributed by atoms with Crippen LogP contribution in [0.1, 0.15) is 31.7 Å². The zero-order valence-corrected chi connectivity index (χ0v) is 13.0. The van der Waals surface area contributed by atoms with E-state index in [-0.39, 0.29) is 6.04 Å². The fourth-order valence-corrected chi connectivity index (χ4v) is 2.20. The molecule has 0 aliphatic heterocycles. The second kappa shape index (κ2) is 7.18. The fraction of sp³-hybridized carbons (Fsp3) is 0.412. The molecule has 4 nitrogen and oxygen atoms in total. The average Bonchev–Trinajstić information content (AvgIpc) is 2.47. The zero-order chi connectivity index (χ0) is 15.2. The second-order valence-corrected chi connectivity index (χ2v) is 5.13. The number of aryl methyl sites for hydroxylation is 1. The van der Waals surface area contributed by atoms with Gasteiger partial charge in [-0.3, -0.25) is 0 Å². The lowest BCUT2D eigenvalue weighted by molar-refractivity contribution is 0.341. The van der Waals surface area contributed by atoms with Gasteiger partial charge in [0.25, 0.3) is 0 Å². The number of nitrogens with zero attached hydrogens (tertiary/aromatic N) is 2. The van der Waals surface area contributed by atoms with Crippen LogP contribution in [-0.4, -0.2) is 22.6 Å². The van der Waals surface area contributed by atoms with Gasteiger partial charge in [0.05, 0.1) is 12.2 Å². The van der Waals surface area contributed by atoms with Gasteiger partial charge in [-0.2, -0.15) is 0 Å². The first-order chi connectivity index (χ1) is 10.1. The third-order valence-corrected chi connectivity index (χ3v) is 3.33. The maximum atomic E-state index is 6.04. The number of para-hydroxylation sites is 1. The number of hydrogen-bond donors (Lipinski definition) is 1. The van der Waals surface area contributed by atoms with Crippen molar-refractivity contribution in [2.45, 2.75) is 39.7 Å². The van der Waals surface area contributed by atoms with E-state index in [4.69, 9.17) is 10.5 Å². The first-order valence-electron chi connectivity index (χ1n) is 7.46. The van der Waals surface area contributed by atoms with Crippen LogP contribution in [0.4, 0.5) is 0 Å². The van der Waals surface area contributed by atoms with E-state index in [0.29, 0.717) is 12.4 Å². The molecule has 0 saturated heterocycles. The molecular formula is C17H23N3O. The molecule has 2 N–H and O–H groups in total. The second-order valence-electron chi connectivity index (χ2n) is 5.13. The first-order valence-corrected chi connectivity index (χ1v) is 7.46. The van der Waals surface area contributed by atoms with Crippen molar-refractivity contribution in [1.82, 2.24) is 9.97 Å². The van der Waals surface area contributed by atoms with E-state index in [2.05, 4.69) is 16.9 Å². The molecule has 4 heteroatoms. The number of benzene rings is 1. The number of ether oxygens (including phenoxy) is 1. The summed E-state index contributed by atoms with van der Waals surface area (Å²) in [7, 11) is 0. The standard InChI is InChI=1S/C17H23N3O/c1-4-13(18)11-14-10-12(3)19-17(20-14)15-8-6-7-9-16(15)21-5-2/h6-10,13H,4-5,11,18H2,1-3H3. The van der Waals surface area contributed by atoms with Crippen molar-refractivity contribution < 1.29 is 4.74 Å². The van der Waals surface area contributed by atoms with E-state index < -0.39 is 0 Å². The Bertz CT molecular complexity index is 598. The number of aromatic nitrogens is 2. The predicted molar refractivity (Wildman–Crippen MR) is 85.3 cm³/mol. The maximum Gasteiger partial charge on any atom is 0.163 e. The largest absolute Gasteiger partial charge is 0.493 e. The van der Waals surface area contributed by atoms with Gasteiger partial charge < -0.3 is 10.5 Å². The lowest BCUT2D eigenvalue weighted by Gasteiger charge is -2.12. The molecule has 1 aromatic carbocycles. The Balaban J connectivity index is 2.40. The minimum absolute atomic E-state index is 0.134. The molecule has 2 aromatic rings. The third-order valence-electron chi connectivity index (χ3n) is 3.33. The van der Waals surface area contributed by atoms with E-state index in [1.807, 2.05) is 44.2 Å². The first kappa shape index (κ1) is 15.4. The van der Waals surface area contributed by atoms with E-state index in [1.165, 1.54) is 0 Å². The Morgan fingerprint density at radius 2 is 1.95 bits per heavy atom. The summed E-state index contributed by atoms with van der Waals surface area (Å²) in [5.74, 6) is 1.52.